The van der Waals surface area contributed by atoms with Gasteiger partial charge >= 0.3 is 0 Å². The molecule has 5 nitrogen and oxygen atoms in total. The second-order valence-corrected chi connectivity index (χ2v) is 4.94. The fraction of sp³-hybridized carbons (Fsp3) is 0.357. The minimum atomic E-state index is 0.562. The van der Waals surface area contributed by atoms with Crippen LogP contribution in [0.3, 0.4) is 0 Å². The van der Waals surface area contributed by atoms with Crippen LogP contribution in [-0.4, -0.2) is 23.0 Å². The first-order chi connectivity index (χ1) is 9.76. The normalized spacial score (nSPS) is 13.3. The lowest BCUT2D eigenvalue weighted by Gasteiger charge is -2.20. The van der Waals surface area contributed by atoms with Gasteiger partial charge in [0, 0.05) is 37.0 Å². The maximum absolute atomic E-state index is 6.24. The monoisotopic (exact) mass is 293 g/mol. The first-order valence-electron chi connectivity index (χ1n) is 6.60. The number of rotatable bonds is 4. The number of nitrogens with one attached hydrogen (secondary N) is 1. The van der Waals surface area contributed by atoms with Crippen molar-refractivity contribution in [3.05, 3.63) is 35.1 Å². The number of anilines is 1. The van der Waals surface area contributed by atoms with Crippen LogP contribution in [0, 0.1) is 0 Å². The highest BCUT2D eigenvalue weighted by atomic mass is 35.5. The molecule has 1 aliphatic rings. The van der Waals surface area contributed by atoms with Gasteiger partial charge in [-0.25, -0.2) is 0 Å². The molecule has 0 saturated heterocycles. The van der Waals surface area contributed by atoms with Crippen LogP contribution in [0.1, 0.15) is 12.5 Å². The van der Waals surface area contributed by atoms with Crippen molar-refractivity contribution in [1.29, 1.82) is 0 Å². The van der Waals surface area contributed by atoms with E-state index in [-0.39, 0.29) is 0 Å². The molecule has 2 heterocycles. The fourth-order valence-corrected chi connectivity index (χ4v) is 2.29. The summed E-state index contributed by atoms with van der Waals surface area (Å²) in [5, 5.41) is 8.16. The molecule has 1 N–H and O–H groups in total. The molecule has 2 aromatic rings. The molecule has 20 heavy (non-hydrogen) atoms. The number of aromatic nitrogens is 2. The first kappa shape index (κ1) is 13.1. The number of aryl methyl sites for hydroxylation is 1. The van der Waals surface area contributed by atoms with Crippen molar-refractivity contribution in [3.8, 4) is 11.5 Å². The van der Waals surface area contributed by atoms with E-state index in [4.69, 9.17) is 21.1 Å². The van der Waals surface area contributed by atoms with Gasteiger partial charge < -0.3 is 14.8 Å². The average molecular weight is 294 g/mol. The maximum Gasteiger partial charge on any atom is 0.163 e. The highest BCUT2D eigenvalue weighted by Gasteiger charge is 2.15. The molecule has 0 radical (unpaired) electrons. The summed E-state index contributed by atoms with van der Waals surface area (Å²) >= 11 is 6.24. The van der Waals surface area contributed by atoms with E-state index in [0.29, 0.717) is 30.5 Å². The number of ether oxygens (including phenoxy) is 2. The number of halogens is 1. The quantitative estimate of drug-likeness (QED) is 0.941. The van der Waals surface area contributed by atoms with Gasteiger partial charge in [-0.2, -0.15) is 5.10 Å². The largest absolute Gasteiger partial charge is 0.486 e. The molecule has 0 unspecified atom stereocenters. The molecule has 0 bridgehead atoms. The molecule has 0 amide bonds. The van der Waals surface area contributed by atoms with Crippen LogP contribution in [0.15, 0.2) is 24.5 Å². The van der Waals surface area contributed by atoms with E-state index < -0.39 is 0 Å². The lowest BCUT2D eigenvalue weighted by atomic mass is 10.2. The lowest BCUT2D eigenvalue weighted by molar-refractivity contribution is 0.171. The molecule has 6 heteroatoms. The van der Waals surface area contributed by atoms with Gasteiger partial charge in [-0.15, -0.1) is 0 Å². The van der Waals surface area contributed by atoms with Crippen molar-refractivity contribution in [2.24, 2.45) is 0 Å². The van der Waals surface area contributed by atoms with E-state index in [1.165, 1.54) is 0 Å². The molecule has 3 rings (SSSR count). The predicted octanol–water partition coefficient (Wildman–Crippen LogP) is 2.94. The highest BCUT2D eigenvalue weighted by molar-refractivity contribution is 6.33. The van der Waals surface area contributed by atoms with Gasteiger partial charge in [0.15, 0.2) is 11.5 Å². The zero-order valence-electron chi connectivity index (χ0n) is 11.2. The molecule has 1 aliphatic heterocycles. The molecule has 0 aliphatic carbocycles. The standard InChI is InChI=1S/C14H16ClN3O2/c1-2-18-9-10(8-17-18)7-16-12-6-14-13(5-11(12)15)19-3-4-20-14/h5-6,8-9,16H,2-4,7H2,1H3. The Balaban J connectivity index is 1.73. The Bertz CT molecular complexity index is 612. The summed E-state index contributed by atoms with van der Waals surface area (Å²) in [5.74, 6) is 1.43. The van der Waals surface area contributed by atoms with Gasteiger partial charge in [0.2, 0.25) is 0 Å². The van der Waals surface area contributed by atoms with Crippen molar-refractivity contribution < 1.29 is 9.47 Å². The summed E-state index contributed by atoms with van der Waals surface area (Å²) in [5.41, 5.74) is 1.94. The van der Waals surface area contributed by atoms with Crippen molar-refractivity contribution in [3.63, 3.8) is 0 Å². The van der Waals surface area contributed by atoms with Crippen molar-refractivity contribution in [2.75, 3.05) is 18.5 Å². The molecule has 106 valence electrons. The molecule has 0 saturated carbocycles. The zero-order chi connectivity index (χ0) is 13.9. The van der Waals surface area contributed by atoms with Crippen LogP contribution in [0.5, 0.6) is 11.5 Å². The molecule has 1 aromatic heterocycles. The Labute approximate surface area is 122 Å². The third kappa shape index (κ3) is 2.67. The van der Waals surface area contributed by atoms with Crippen LogP contribution >= 0.6 is 11.6 Å². The topological polar surface area (TPSA) is 48.3 Å². The fourth-order valence-electron chi connectivity index (χ4n) is 2.07. The van der Waals surface area contributed by atoms with Gasteiger partial charge in [0.05, 0.1) is 16.9 Å². The van der Waals surface area contributed by atoms with E-state index in [9.17, 15) is 0 Å². The van der Waals surface area contributed by atoms with Crippen LogP contribution in [0.2, 0.25) is 5.02 Å². The van der Waals surface area contributed by atoms with Gasteiger partial charge in [0.25, 0.3) is 0 Å². The minimum absolute atomic E-state index is 0.562. The number of fused-ring (bicyclic) bond motifs is 1. The maximum atomic E-state index is 6.24. The molecule has 0 fully saturated rings. The number of nitrogens with zero attached hydrogens (tertiary/aromatic N) is 2. The van der Waals surface area contributed by atoms with Crippen molar-refractivity contribution in [2.45, 2.75) is 20.0 Å². The Hall–Kier alpha value is -1.88. The molecule has 1 aromatic carbocycles. The molecule has 0 atom stereocenters. The van der Waals surface area contributed by atoms with Gasteiger partial charge in [-0.1, -0.05) is 11.6 Å². The van der Waals surface area contributed by atoms with Crippen LogP contribution in [-0.2, 0) is 13.1 Å². The molecule has 0 spiro atoms. The van der Waals surface area contributed by atoms with E-state index >= 15 is 0 Å². The summed E-state index contributed by atoms with van der Waals surface area (Å²) in [6.07, 6.45) is 3.86. The summed E-state index contributed by atoms with van der Waals surface area (Å²) < 4.78 is 12.9. The summed E-state index contributed by atoms with van der Waals surface area (Å²) in [7, 11) is 0. The van der Waals surface area contributed by atoms with Gasteiger partial charge in [0.1, 0.15) is 13.2 Å². The second kappa shape index (κ2) is 5.63. The zero-order valence-corrected chi connectivity index (χ0v) is 12.0. The smallest absolute Gasteiger partial charge is 0.163 e. The molecular formula is C14H16ClN3O2. The van der Waals surface area contributed by atoms with E-state index in [2.05, 4.69) is 17.3 Å². The van der Waals surface area contributed by atoms with Crippen LogP contribution < -0.4 is 14.8 Å². The summed E-state index contributed by atoms with van der Waals surface area (Å²) in [6.45, 7) is 4.72. The van der Waals surface area contributed by atoms with E-state index in [1.54, 1.807) is 6.07 Å². The predicted molar refractivity (Wildman–Crippen MR) is 77.7 cm³/mol. The summed E-state index contributed by atoms with van der Waals surface area (Å²) in [6, 6.07) is 3.66. The average Bonchev–Trinajstić information content (AvgIpc) is 2.93. The Kier molecular flexibility index (Phi) is 3.69. The lowest BCUT2D eigenvalue weighted by Crippen LogP contribution is -2.15. The van der Waals surface area contributed by atoms with Crippen molar-refractivity contribution in [1.82, 2.24) is 9.78 Å². The first-order valence-corrected chi connectivity index (χ1v) is 6.98. The van der Waals surface area contributed by atoms with Gasteiger partial charge in [-0.05, 0) is 6.92 Å². The minimum Gasteiger partial charge on any atom is -0.486 e. The second-order valence-electron chi connectivity index (χ2n) is 4.53. The van der Waals surface area contributed by atoms with Gasteiger partial charge in [-0.3, -0.25) is 4.68 Å². The molecular weight excluding hydrogens is 278 g/mol. The Morgan fingerprint density at radius 3 is 2.75 bits per heavy atom. The third-order valence-corrected chi connectivity index (χ3v) is 3.44. The summed E-state index contributed by atoms with van der Waals surface area (Å²) in [4.78, 5) is 0. The number of hydrogen-bond acceptors (Lipinski definition) is 4. The van der Waals surface area contributed by atoms with Crippen LogP contribution in [0.4, 0.5) is 5.69 Å². The van der Waals surface area contributed by atoms with E-state index in [0.717, 1.165) is 23.5 Å². The Morgan fingerprint density at radius 2 is 2.05 bits per heavy atom. The SMILES string of the molecule is CCn1cc(CNc2cc3c(cc2Cl)OCCO3)cn1. The highest BCUT2D eigenvalue weighted by Crippen LogP contribution is 2.38. The third-order valence-electron chi connectivity index (χ3n) is 3.13. The number of hydrogen-bond donors (Lipinski definition) is 1. The van der Waals surface area contributed by atoms with Crippen LogP contribution in [0.25, 0.3) is 0 Å². The van der Waals surface area contributed by atoms with Crippen molar-refractivity contribution >= 4 is 17.3 Å². The Morgan fingerprint density at radius 1 is 1.30 bits per heavy atom. The number of benzene rings is 1. The van der Waals surface area contributed by atoms with E-state index in [1.807, 2.05) is 23.1 Å².